The first kappa shape index (κ1) is 20.6. The lowest BCUT2D eigenvalue weighted by atomic mass is 10.2. The second-order valence-electron chi connectivity index (χ2n) is 6.39. The van der Waals surface area contributed by atoms with Gasteiger partial charge in [-0.25, -0.2) is 22.5 Å². The highest BCUT2D eigenvalue weighted by Gasteiger charge is 2.20. The minimum Gasteiger partial charge on any atom is -0.471 e. The monoisotopic (exact) mass is 444 g/mol. The number of aryl methyl sites for hydroxylation is 1. The average Bonchev–Trinajstić information content (AvgIpc) is 3.40. The topological polar surface area (TPSA) is 125 Å². The van der Waals surface area contributed by atoms with Gasteiger partial charge in [0.15, 0.2) is 0 Å². The Balaban J connectivity index is 1.60. The zero-order valence-corrected chi connectivity index (χ0v) is 17.3. The number of hydrogen-bond donors (Lipinski definition) is 1. The molecule has 0 spiro atoms. The van der Waals surface area contributed by atoms with Crippen LogP contribution in [-0.4, -0.2) is 40.4 Å². The van der Waals surface area contributed by atoms with E-state index in [1.807, 2.05) is 0 Å². The highest BCUT2D eigenvalue weighted by atomic mass is 32.2. The molecule has 0 saturated carbocycles. The Morgan fingerprint density at radius 1 is 1.23 bits per heavy atom. The average molecular weight is 444 g/mol. The highest BCUT2D eigenvalue weighted by molar-refractivity contribution is 7.89. The molecule has 10 nitrogen and oxygen atoms in total. The molecule has 0 bridgehead atoms. The van der Waals surface area contributed by atoms with E-state index in [2.05, 4.69) is 24.9 Å². The molecule has 4 aromatic rings. The number of halogens is 1. The van der Waals surface area contributed by atoms with Crippen LogP contribution in [-0.2, 0) is 23.7 Å². The Labute approximate surface area is 176 Å². The van der Waals surface area contributed by atoms with Crippen molar-refractivity contribution in [2.45, 2.75) is 11.5 Å². The molecule has 0 aliphatic rings. The lowest BCUT2D eigenvalue weighted by Crippen LogP contribution is -2.18. The lowest BCUT2D eigenvalue weighted by molar-refractivity contribution is 0.282. The largest absolute Gasteiger partial charge is 0.471 e. The molecule has 3 heterocycles. The van der Waals surface area contributed by atoms with Crippen molar-refractivity contribution < 1.29 is 22.1 Å². The van der Waals surface area contributed by atoms with Crippen molar-refractivity contribution in [1.29, 1.82) is 0 Å². The van der Waals surface area contributed by atoms with Gasteiger partial charge >= 0.3 is 0 Å². The maximum Gasteiger partial charge on any atom is 0.261 e. The molecule has 0 aliphatic heterocycles. The molecule has 3 aromatic heterocycles. The number of aromatic nitrogens is 5. The summed E-state index contributed by atoms with van der Waals surface area (Å²) in [5, 5.41) is 8.16. The Bertz CT molecular complexity index is 1320. The van der Waals surface area contributed by atoms with Gasteiger partial charge in [0.2, 0.25) is 21.7 Å². The van der Waals surface area contributed by atoms with Crippen LogP contribution in [0.1, 0.15) is 5.69 Å². The molecule has 0 radical (unpaired) electrons. The van der Waals surface area contributed by atoms with E-state index in [9.17, 15) is 12.8 Å². The number of hydrogen-bond acceptors (Lipinski definition) is 8. The molecule has 0 amide bonds. The molecule has 0 aliphatic carbocycles. The highest BCUT2D eigenvalue weighted by Crippen LogP contribution is 2.26. The Morgan fingerprint density at radius 2 is 2.06 bits per heavy atom. The van der Waals surface area contributed by atoms with Gasteiger partial charge in [0, 0.05) is 18.7 Å². The Morgan fingerprint density at radius 3 is 2.81 bits per heavy atom. The van der Waals surface area contributed by atoms with Crippen molar-refractivity contribution in [2.75, 3.05) is 7.05 Å². The summed E-state index contributed by atoms with van der Waals surface area (Å²) in [7, 11) is -0.548. The molecular formula is C19H17FN6O4S. The van der Waals surface area contributed by atoms with Crippen LogP contribution in [0.4, 0.5) is 4.39 Å². The van der Waals surface area contributed by atoms with E-state index in [-0.39, 0.29) is 29.1 Å². The SMILES string of the molecule is CNS(=O)(=O)c1cccc(-c2noc(-c3cnn(C)c3COc3ccc(F)cn3)n2)c1. The number of rotatable bonds is 7. The van der Waals surface area contributed by atoms with Crippen molar-refractivity contribution in [2.24, 2.45) is 7.05 Å². The number of ether oxygens (including phenoxy) is 1. The summed E-state index contributed by atoms with van der Waals surface area (Å²) in [6, 6.07) is 8.86. The van der Waals surface area contributed by atoms with Crippen LogP contribution in [0, 0.1) is 5.82 Å². The molecule has 4 rings (SSSR count). The van der Waals surface area contributed by atoms with Crippen LogP contribution < -0.4 is 9.46 Å². The summed E-state index contributed by atoms with van der Waals surface area (Å²) in [5.41, 5.74) is 1.65. The summed E-state index contributed by atoms with van der Waals surface area (Å²) in [6.07, 6.45) is 2.61. The van der Waals surface area contributed by atoms with E-state index >= 15 is 0 Å². The van der Waals surface area contributed by atoms with Crippen molar-refractivity contribution in [1.82, 2.24) is 29.6 Å². The van der Waals surface area contributed by atoms with E-state index in [1.165, 1.54) is 31.3 Å². The number of benzene rings is 1. The fraction of sp³-hybridized carbons (Fsp3) is 0.158. The van der Waals surface area contributed by atoms with Gasteiger partial charge in [-0.3, -0.25) is 4.68 Å². The lowest BCUT2D eigenvalue weighted by Gasteiger charge is -2.06. The maximum atomic E-state index is 13.0. The zero-order valence-electron chi connectivity index (χ0n) is 16.5. The van der Waals surface area contributed by atoms with Gasteiger partial charge in [0.1, 0.15) is 12.4 Å². The molecule has 12 heteroatoms. The Kier molecular flexibility index (Phi) is 5.48. The van der Waals surface area contributed by atoms with Crippen LogP contribution in [0.15, 0.2) is 58.2 Å². The van der Waals surface area contributed by atoms with Crippen molar-refractivity contribution in [3.05, 3.63) is 60.3 Å². The second-order valence-corrected chi connectivity index (χ2v) is 8.28. The summed E-state index contributed by atoms with van der Waals surface area (Å²) in [6.45, 7) is 0.0814. The summed E-state index contributed by atoms with van der Waals surface area (Å²) < 4.78 is 51.9. The van der Waals surface area contributed by atoms with Crippen LogP contribution in [0.5, 0.6) is 5.88 Å². The maximum absolute atomic E-state index is 13.0. The molecule has 0 fully saturated rings. The quantitative estimate of drug-likeness (QED) is 0.460. The summed E-state index contributed by atoms with van der Waals surface area (Å²) >= 11 is 0. The first-order valence-electron chi connectivity index (χ1n) is 9.00. The molecular weight excluding hydrogens is 427 g/mol. The predicted molar refractivity (Wildman–Crippen MR) is 107 cm³/mol. The summed E-state index contributed by atoms with van der Waals surface area (Å²) in [4.78, 5) is 8.31. The minimum absolute atomic E-state index is 0.0814. The van der Waals surface area contributed by atoms with Gasteiger partial charge < -0.3 is 9.26 Å². The van der Waals surface area contributed by atoms with Crippen molar-refractivity contribution in [3.63, 3.8) is 0 Å². The van der Waals surface area contributed by atoms with Gasteiger partial charge in [-0.15, -0.1) is 0 Å². The summed E-state index contributed by atoms with van der Waals surface area (Å²) in [5.74, 6) is 0.204. The Hall–Kier alpha value is -3.64. The third kappa shape index (κ3) is 4.29. The van der Waals surface area contributed by atoms with Crippen molar-refractivity contribution in [3.8, 4) is 28.7 Å². The molecule has 0 unspecified atom stereocenters. The second kappa shape index (κ2) is 8.24. The van der Waals surface area contributed by atoms with E-state index in [0.717, 1.165) is 6.20 Å². The van der Waals surface area contributed by atoms with Gasteiger partial charge in [0.25, 0.3) is 5.89 Å². The first-order valence-corrected chi connectivity index (χ1v) is 10.5. The van der Waals surface area contributed by atoms with Crippen LogP contribution in [0.25, 0.3) is 22.8 Å². The predicted octanol–water partition coefficient (Wildman–Crippen LogP) is 2.16. The molecule has 160 valence electrons. The fourth-order valence-electron chi connectivity index (χ4n) is 2.77. The number of pyridine rings is 1. The van der Waals surface area contributed by atoms with Gasteiger partial charge in [-0.2, -0.15) is 10.1 Å². The first-order chi connectivity index (χ1) is 14.9. The van der Waals surface area contributed by atoms with Gasteiger partial charge in [-0.1, -0.05) is 17.3 Å². The third-order valence-electron chi connectivity index (χ3n) is 4.45. The van der Waals surface area contributed by atoms with Gasteiger partial charge in [-0.05, 0) is 25.2 Å². The van der Waals surface area contributed by atoms with E-state index in [4.69, 9.17) is 9.26 Å². The van der Waals surface area contributed by atoms with E-state index < -0.39 is 15.8 Å². The standard InChI is InChI=1S/C19H17FN6O4S/c1-21-31(27,28)14-5-3-4-12(8-14)18-24-19(30-25-18)15-10-23-26(2)16(15)11-29-17-7-6-13(20)9-22-17/h3-10,21H,11H2,1-2H3. The van der Waals surface area contributed by atoms with Crippen LogP contribution >= 0.6 is 0 Å². The molecule has 0 saturated heterocycles. The third-order valence-corrected chi connectivity index (χ3v) is 5.86. The number of sulfonamides is 1. The smallest absolute Gasteiger partial charge is 0.261 e. The molecule has 1 aromatic carbocycles. The minimum atomic E-state index is -3.61. The fourth-order valence-corrected chi connectivity index (χ4v) is 3.55. The molecule has 31 heavy (non-hydrogen) atoms. The van der Waals surface area contributed by atoms with E-state index in [0.29, 0.717) is 16.8 Å². The number of nitrogens with one attached hydrogen (secondary N) is 1. The normalized spacial score (nSPS) is 11.6. The van der Waals surface area contributed by atoms with Crippen LogP contribution in [0.2, 0.25) is 0 Å². The van der Waals surface area contributed by atoms with Crippen molar-refractivity contribution >= 4 is 10.0 Å². The van der Waals surface area contributed by atoms with Crippen LogP contribution in [0.3, 0.4) is 0 Å². The molecule has 1 N–H and O–H groups in total. The molecule has 0 atom stereocenters. The zero-order chi connectivity index (χ0) is 22.0. The number of nitrogens with zero attached hydrogens (tertiary/aromatic N) is 5. The van der Waals surface area contributed by atoms with E-state index in [1.54, 1.807) is 30.1 Å². The van der Waals surface area contributed by atoms with Gasteiger partial charge in [0.05, 0.1) is 28.5 Å².